The largest absolute Gasteiger partial charge is 0.390 e. The van der Waals surface area contributed by atoms with Gasteiger partial charge >= 0.3 is 23.9 Å². The Kier molecular flexibility index (Phi) is 1.54. The number of cyclic esters (lactones) is 2. The van der Waals surface area contributed by atoms with Crippen LogP contribution in [-0.2, 0) is 28.7 Å². The third-order valence-corrected chi connectivity index (χ3v) is 1.89. The average molecular weight is 196 g/mol. The summed E-state index contributed by atoms with van der Waals surface area (Å²) < 4.78 is 8.39. The van der Waals surface area contributed by atoms with Crippen LogP contribution >= 0.6 is 0 Å². The molecule has 72 valence electrons. The van der Waals surface area contributed by atoms with Crippen LogP contribution in [-0.4, -0.2) is 23.9 Å². The number of ether oxygens (including phenoxy) is 2. The van der Waals surface area contributed by atoms with Crippen molar-refractivity contribution in [3.8, 4) is 0 Å². The standard InChI is InChI=1S/C8H4O6/c1-2(9)13-6(10)3-4-5(3)8(12)14-7(4)11/h4H,1H3. The minimum absolute atomic E-state index is 0.0150. The highest BCUT2D eigenvalue weighted by atomic mass is 16.6. The Bertz CT molecular complexity index is 416. The van der Waals surface area contributed by atoms with Crippen molar-refractivity contribution in [3.63, 3.8) is 0 Å². The van der Waals surface area contributed by atoms with Crippen LogP contribution in [0.15, 0.2) is 11.1 Å². The first kappa shape index (κ1) is 8.61. The number of hydrogen-bond donors (Lipinski definition) is 0. The normalized spacial score (nSPS) is 23.1. The third kappa shape index (κ3) is 1.04. The van der Waals surface area contributed by atoms with E-state index in [1.807, 2.05) is 0 Å². The van der Waals surface area contributed by atoms with Gasteiger partial charge in [-0.2, -0.15) is 0 Å². The highest BCUT2D eigenvalue weighted by Crippen LogP contribution is 2.46. The minimum atomic E-state index is -0.942. The smallest absolute Gasteiger partial charge is 0.343 e. The van der Waals surface area contributed by atoms with Crippen molar-refractivity contribution in [2.75, 3.05) is 0 Å². The van der Waals surface area contributed by atoms with Crippen LogP contribution in [0.5, 0.6) is 0 Å². The lowest BCUT2D eigenvalue weighted by molar-refractivity contribution is -0.158. The van der Waals surface area contributed by atoms with E-state index in [0.29, 0.717) is 0 Å². The Hall–Kier alpha value is -1.98. The number of carbonyl (C=O) groups excluding carboxylic acids is 4. The van der Waals surface area contributed by atoms with Gasteiger partial charge in [-0.15, -0.1) is 0 Å². The fraction of sp³-hybridized carbons (Fsp3) is 0.250. The Labute approximate surface area is 77.5 Å². The maximum Gasteiger partial charge on any atom is 0.343 e. The summed E-state index contributed by atoms with van der Waals surface area (Å²) in [5.74, 6) is -4.22. The van der Waals surface area contributed by atoms with Crippen LogP contribution in [0, 0.1) is 5.92 Å². The molecule has 1 aliphatic carbocycles. The Morgan fingerprint density at radius 2 is 2.00 bits per heavy atom. The van der Waals surface area contributed by atoms with Gasteiger partial charge in [0.2, 0.25) is 0 Å². The molecule has 2 aliphatic rings. The molecule has 0 spiro atoms. The summed E-state index contributed by atoms with van der Waals surface area (Å²) >= 11 is 0. The van der Waals surface area contributed by atoms with Crippen molar-refractivity contribution in [1.82, 2.24) is 0 Å². The molecule has 1 aliphatic heterocycles. The zero-order valence-electron chi connectivity index (χ0n) is 7.03. The van der Waals surface area contributed by atoms with E-state index in [1.54, 1.807) is 0 Å². The molecule has 0 saturated carbocycles. The van der Waals surface area contributed by atoms with Gasteiger partial charge in [-0.1, -0.05) is 0 Å². The molecule has 0 aromatic rings. The molecular formula is C8H4O6. The van der Waals surface area contributed by atoms with Crippen molar-refractivity contribution >= 4 is 23.9 Å². The summed E-state index contributed by atoms with van der Waals surface area (Å²) in [6.45, 7) is 1.06. The van der Waals surface area contributed by atoms with Crippen LogP contribution < -0.4 is 0 Å². The fourth-order valence-corrected chi connectivity index (χ4v) is 1.30. The van der Waals surface area contributed by atoms with E-state index in [0.717, 1.165) is 6.92 Å². The number of hydrogen-bond acceptors (Lipinski definition) is 6. The van der Waals surface area contributed by atoms with Crippen molar-refractivity contribution in [3.05, 3.63) is 11.1 Å². The lowest BCUT2D eigenvalue weighted by Gasteiger charge is -1.96. The topological polar surface area (TPSA) is 86.7 Å². The summed E-state index contributed by atoms with van der Waals surface area (Å²) in [5.41, 5.74) is -0.0392. The molecular weight excluding hydrogens is 192 g/mol. The molecule has 0 radical (unpaired) electrons. The molecule has 6 heteroatoms. The Morgan fingerprint density at radius 3 is 2.43 bits per heavy atom. The average Bonchev–Trinajstić information content (AvgIpc) is 2.69. The Balaban J connectivity index is 2.17. The summed E-state index contributed by atoms with van der Waals surface area (Å²) in [5, 5.41) is 0. The van der Waals surface area contributed by atoms with Gasteiger partial charge in [-0.25, -0.2) is 9.59 Å². The molecule has 2 rings (SSSR count). The van der Waals surface area contributed by atoms with Crippen LogP contribution in [0.4, 0.5) is 0 Å². The van der Waals surface area contributed by atoms with Gasteiger partial charge in [0.25, 0.3) is 0 Å². The van der Waals surface area contributed by atoms with Crippen molar-refractivity contribution < 1.29 is 28.7 Å². The minimum Gasteiger partial charge on any atom is -0.390 e. The number of fused-ring (bicyclic) bond motifs is 1. The molecule has 1 unspecified atom stereocenters. The van der Waals surface area contributed by atoms with E-state index >= 15 is 0 Å². The summed E-state index contributed by atoms with van der Waals surface area (Å²) in [6.07, 6.45) is 0. The van der Waals surface area contributed by atoms with Gasteiger partial charge in [0.1, 0.15) is 5.92 Å². The van der Waals surface area contributed by atoms with Crippen LogP contribution in [0.25, 0.3) is 0 Å². The molecule has 1 atom stereocenters. The van der Waals surface area contributed by atoms with Gasteiger partial charge in [0.15, 0.2) is 0 Å². The van der Waals surface area contributed by atoms with Gasteiger partial charge in [-0.05, 0) is 0 Å². The molecule has 0 amide bonds. The molecule has 0 bridgehead atoms. The van der Waals surface area contributed by atoms with E-state index in [9.17, 15) is 19.2 Å². The van der Waals surface area contributed by atoms with Gasteiger partial charge in [0, 0.05) is 6.92 Å². The molecule has 6 nitrogen and oxygen atoms in total. The van der Waals surface area contributed by atoms with Crippen LogP contribution in [0.2, 0.25) is 0 Å². The second-order valence-corrected chi connectivity index (χ2v) is 2.85. The molecule has 1 saturated heterocycles. The summed E-state index contributed by atoms with van der Waals surface area (Å²) in [4.78, 5) is 43.1. The van der Waals surface area contributed by atoms with Gasteiger partial charge < -0.3 is 9.47 Å². The van der Waals surface area contributed by atoms with Crippen LogP contribution in [0.3, 0.4) is 0 Å². The highest BCUT2D eigenvalue weighted by molar-refractivity contribution is 6.24. The molecule has 0 aromatic heterocycles. The van der Waals surface area contributed by atoms with Gasteiger partial charge in [-0.3, -0.25) is 9.59 Å². The van der Waals surface area contributed by atoms with E-state index in [-0.39, 0.29) is 11.1 Å². The quantitative estimate of drug-likeness (QED) is 0.398. The van der Waals surface area contributed by atoms with E-state index in [4.69, 9.17) is 0 Å². The van der Waals surface area contributed by atoms with Gasteiger partial charge in [0.05, 0.1) is 11.1 Å². The number of rotatable bonds is 1. The molecule has 14 heavy (non-hydrogen) atoms. The third-order valence-electron chi connectivity index (χ3n) is 1.89. The second-order valence-electron chi connectivity index (χ2n) is 2.85. The summed E-state index contributed by atoms with van der Waals surface area (Å²) in [7, 11) is 0. The lowest BCUT2D eigenvalue weighted by atomic mass is 10.3. The first-order valence-corrected chi connectivity index (χ1v) is 3.75. The lowest BCUT2D eigenvalue weighted by Crippen LogP contribution is -2.13. The second kappa shape index (κ2) is 2.50. The first-order chi connectivity index (χ1) is 6.52. The van der Waals surface area contributed by atoms with E-state index in [1.165, 1.54) is 0 Å². The SMILES string of the molecule is CC(=O)OC(=O)C1=C2C(=O)OC(=O)C12. The maximum absolute atomic E-state index is 11.1. The fourth-order valence-electron chi connectivity index (χ4n) is 1.30. The van der Waals surface area contributed by atoms with Crippen LogP contribution in [0.1, 0.15) is 6.92 Å². The summed E-state index contributed by atoms with van der Waals surface area (Å²) in [6, 6.07) is 0. The predicted octanol–water partition coefficient (Wildman–Crippen LogP) is -0.914. The molecule has 0 N–H and O–H groups in total. The van der Waals surface area contributed by atoms with Crippen molar-refractivity contribution in [1.29, 1.82) is 0 Å². The Morgan fingerprint density at radius 1 is 1.36 bits per heavy atom. The number of esters is 4. The zero-order valence-corrected chi connectivity index (χ0v) is 7.03. The first-order valence-electron chi connectivity index (χ1n) is 3.75. The zero-order chi connectivity index (χ0) is 10.5. The van der Waals surface area contributed by atoms with Crippen molar-refractivity contribution in [2.45, 2.75) is 6.92 Å². The maximum atomic E-state index is 11.1. The van der Waals surface area contributed by atoms with E-state index in [2.05, 4.69) is 9.47 Å². The molecule has 1 fully saturated rings. The predicted molar refractivity (Wildman–Crippen MR) is 38.4 cm³/mol. The molecule has 1 heterocycles. The van der Waals surface area contributed by atoms with E-state index < -0.39 is 29.8 Å². The highest BCUT2D eigenvalue weighted by Gasteiger charge is 2.59. The monoisotopic (exact) mass is 196 g/mol. The number of carbonyl (C=O) groups is 4. The molecule has 0 aromatic carbocycles. The van der Waals surface area contributed by atoms with Crippen molar-refractivity contribution in [2.24, 2.45) is 5.92 Å².